The Morgan fingerprint density at radius 3 is 2.35 bits per heavy atom. The molecule has 0 radical (unpaired) electrons. The Labute approximate surface area is 131 Å². The molecule has 0 amide bonds. The molecule has 2 atom stereocenters. The van der Waals surface area contributed by atoms with Crippen LogP contribution in [0.15, 0.2) is 28.7 Å². The molecule has 2 unspecified atom stereocenters. The van der Waals surface area contributed by atoms with E-state index in [0.717, 1.165) is 22.9 Å². The lowest BCUT2D eigenvalue weighted by molar-refractivity contribution is -0.0332. The summed E-state index contributed by atoms with van der Waals surface area (Å²) in [6, 6.07) is 8.17. The molecule has 0 saturated carbocycles. The van der Waals surface area contributed by atoms with Crippen molar-refractivity contribution in [2.24, 2.45) is 5.73 Å². The van der Waals surface area contributed by atoms with Crippen molar-refractivity contribution in [1.82, 2.24) is 0 Å². The molecule has 1 rings (SSSR count). The molecular formula is C16H26BrNO2. The molecule has 0 aliphatic heterocycles. The summed E-state index contributed by atoms with van der Waals surface area (Å²) in [7, 11) is 1.73. The first-order valence-electron chi connectivity index (χ1n) is 7.07. The fourth-order valence-electron chi connectivity index (χ4n) is 1.87. The first-order valence-corrected chi connectivity index (χ1v) is 7.86. The zero-order valence-corrected chi connectivity index (χ0v) is 14.4. The number of halogens is 1. The molecule has 1 aromatic carbocycles. The van der Waals surface area contributed by atoms with E-state index in [1.807, 2.05) is 12.1 Å². The highest BCUT2D eigenvalue weighted by atomic mass is 79.9. The Hall–Kier alpha value is -0.420. The molecule has 1 aromatic rings. The molecule has 0 fully saturated rings. The van der Waals surface area contributed by atoms with Crippen molar-refractivity contribution < 1.29 is 9.47 Å². The van der Waals surface area contributed by atoms with Gasteiger partial charge in [-0.2, -0.15) is 0 Å². The van der Waals surface area contributed by atoms with Crippen molar-refractivity contribution in [3.63, 3.8) is 0 Å². The smallest absolute Gasteiger partial charge is 0.0975 e. The molecule has 0 saturated heterocycles. The second kappa shape index (κ2) is 8.13. The molecular weight excluding hydrogens is 318 g/mol. The van der Waals surface area contributed by atoms with Crippen LogP contribution in [0.25, 0.3) is 0 Å². The van der Waals surface area contributed by atoms with Crippen molar-refractivity contribution in [3.8, 4) is 0 Å². The predicted octanol–water partition coefficient (Wildman–Crippen LogP) is 4.06. The Morgan fingerprint density at radius 2 is 1.85 bits per heavy atom. The molecule has 114 valence electrons. The van der Waals surface area contributed by atoms with E-state index in [1.54, 1.807) is 7.11 Å². The Balaban J connectivity index is 2.68. The van der Waals surface area contributed by atoms with Crippen LogP contribution in [0.3, 0.4) is 0 Å². The topological polar surface area (TPSA) is 44.5 Å². The maximum Gasteiger partial charge on any atom is 0.0975 e. The molecule has 20 heavy (non-hydrogen) atoms. The summed E-state index contributed by atoms with van der Waals surface area (Å²) >= 11 is 3.45. The summed E-state index contributed by atoms with van der Waals surface area (Å²) < 4.78 is 12.5. The van der Waals surface area contributed by atoms with Crippen LogP contribution in [0.2, 0.25) is 0 Å². The third-order valence-electron chi connectivity index (χ3n) is 3.61. The minimum Gasteiger partial charge on any atom is -0.379 e. The first-order chi connectivity index (χ1) is 9.39. The maximum atomic E-state index is 6.20. The normalized spacial score (nSPS) is 15.1. The largest absolute Gasteiger partial charge is 0.379 e. The highest BCUT2D eigenvalue weighted by Crippen LogP contribution is 2.25. The van der Waals surface area contributed by atoms with Gasteiger partial charge in [-0.25, -0.2) is 0 Å². The Morgan fingerprint density at radius 1 is 1.25 bits per heavy atom. The first kappa shape index (κ1) is 17.6. The molecule has 0 bridgehead atoms. The number of nitrogens with two attached hydrogens (primary N) is 1. The average Bonchev–Trinajstić information content (AvgIpc) is 2.44. The number of ether oxygens (including phenoxy) is 2. The van der Waals surface area contributed by atoms with Crippen molar-refractivity contribution >= 4 is 15.9 Å². The van der Waals surface area contributed by atoms with Crippen molar-refractivity contribution in [2.75, 3.05) is 13.7 Å². The van der Waals surface area contributed by atoms with E-state index in [2.05, 4.69) is 48.8 Å². The van der Waals surface area contributed by atoms with Gasteiger partial charge < -0.3 is 15.2 Å². The summed E-state index contributed by atoms with van der Waals surface area (Å²) in [5.41, 5.74) is 7.16. The lowest BCUT2D eigenvalue weighted by Gasteiger charge is -2.27. The monoisotopic (exact) mass is 343 g/mol. The number of hydrogen-bond donors (Lipinski definition) is 1. The van der Waals surface area contributed by atoms with E-state index in [0.29, 0.717) is 6.61 Å². The molecule has 0 spiro atoms. The maximum absolute atomic E-state index is 6.20. The number of methoxy groups -OCH3 is 1. The minimum atomic E-state index is -0.166. The van der Waals surface area contributed by atoms with Crippen LogP contribution in [-0.2, 0) is 9.47 Å². The van der Waals surface area contributed by atoms with E-state index < -0.39 is 0 Å². The molecule has 4 heteroatoms. The standard InChI is InChI=1S/C16H26BrNO2/c1-5-14(18)15(12-6-8-13(17)9-7-12)20-11-10-16(2,3)19-4/h6-9,14-15H,5,10-11,18H2,1-4H3. The van der Waals surface area contributed by atoms with Gasteiger partial charge in [-0.15, -0.1) is 0 Å². The van der Waals surface area contributed by atoms with Crippen LogP contribution >= 0.6 is 15.9 Å². The summed E-state index contributed by atoms with van der Waals surface area (Å²) in [6.07, 6.45) is 1.65. The Bertz CT molecular complexity index is 392. The van der Waals surface area contributed by atoms with Crippen LogP contribution in [0.1, 0.15) is 45.3 Å². The van der Waals surface area contributed by atoms with Gasteiger partial charge in [-0.1, -0.05) is 35.0 Å². The van der Waals surface area contributed by atoms with Gasteiger partial charge in [0, 0.05) is 17.6 Å². The zero-order valence-electron chi connectivity index (χ0n) is 12.9. The van der Waals surface area contributed by atoms with Crippen molar-refractivity contribution in [3.05, 3.63) is 34.3 Å². The van der Waals surface area contributed by atoms with Crippen LogP contribution < -0.4 is 5.73 Å². The summed E-state index contributed by atoms with van der Waals surface area (Å²) in [6.45, 7) is 6.84. The van der Waals surface area contributed by atoms with Gasteiger partial charge in [-0.3, -0.25) is 0 Å². The van der Waals surface area contributed by atoms with Gasteiger partial charge in [0.2, 0.25) is 0 Å². The van der Waals surface area contributed by atoms with Crippen molar-refractivity contribution in [2.45, 2.75) is 51.4 Å². The van der Waals surface area contributed by atoms with Gasteiger partial charge in [0.15, 0.2) is 0 Å². The van der Waals surface area contributed by atoms with E-state index in [-0.39, 0.29) is 17.7 Å². The molecule has 3 nitrogen and oxygen atoms in total. The second-order valence-electron chi connectivity index (χ2n) is 5.63. The van der Waals surface area contributed by atoms with Crippen LogP contribution in [0.4, 0.5) is 0 Å². The lowest BCUT2D eigenvalue weighted by atomic mass is 10.0. The quantitative estimate of drug-likeness (QED) is 0.773. The number of rotatable bonds is 8. The molecule has 2 N–H and O–H groups in total. The number of benzene rings is 1. The summed E-state index contributed by atoms with van der Waals surface area (Å²) in [5.74, 6) is 0. The highest BCUT2D eigenvalue weighted by Gasteiger charge is 2.22. The predicted molar refractivity (Wildman–Crippen MR) is 86.8 cm³/mol. The second-order valence-corrected chi connectivity index (χ2v) is 6.54. The SMILES string of the molecule is CCC(N)C(OCCC(C)(C)OC)c1ccc(Br)cc1. The summed E-state index contributed by atoms with van der Waals surface area (Å²) in [4.78, 5) is 0. The fourth-order valence-corrected chi connectivity index (χ4v) is 2.13. The van der Waals surface area contributed by atoms with E-state index in [9.17, 15) is 0 Å². The Kier molecular flexibility index (Phi) is 7.17. The van der Waals surface area contributed by atoms with Gasteiger partial charge in [0.05, 0.1) is 18.3 Å². The van der Waals surface area contributed by atoms with Crippen LogP contribution in [0, 0.1) is 0 Å². The molecule has 0 aromatic heterocycles. The van der Waals surface area contributed by atoms with Gasteiger partial charge in [-0.05, 0) is 44.4 Å². The third kappa shape index (κ3) is 5.52. The third-order valence-corrected chi connectivity index (χ3v) is 4.14. The van der Waals surface area contributed by atoms with Gasteiger partial charge in [0.1, 0.15) is 0 Å². The zero-order chi connectivity index (χ0) is 15.2. The molecule has 0 heterocycles. The van der Waals surface area contributed by atoms with Crippen LogP contribution in [-0.4, -0.2) is 25.4 Å². The summed E-state index contributed by atoms with van der Waals surface area (Å²) in [5, 5.41) is 0. The number of hydrogen-bond acceptors (Lipinski definition) is 3. The lowest BCUT2D eigenvalue weighted by Crippen LogP contribution is -2.31. The minimum absolute atomic E-state index is 0.00170. The van der Waals surface area contributed by atoms with Gasteiger partial charge >= 0.3 is 0 Å². The van der Waals surface area contributed by atoms with E-state index in [1.165, 1.54) is 0 Å². The van der Waals surface area contributed by atoms with E-state index in [4.69, 9.17) is 15.2 Å². The van der Waals surface area contributed by atoms with Crippen molar-refractivity contribution in [1.29, 1.82) is 0 Å². The highest BCUT2D eigenvalue weighted by molar-refractivity contribution is 9.10. The van der Waals surface area contributed by atoms with Gasteiger partial charge in [0.25, 0.3) is 0 Å². The fraction of sp³-hybridized carbons (Fsp3) is 0.625. The van der Waals surface area contributed by atoms with E-state index >= 15 is 0 Å². The van der Waals surface area contributed by atoms with Crippen LogP contribution in [0.5, 0.6) is 0 Å². The molecule has 0 aliphatic carbocycles. The average molecular weight is 344 g/mol. The molecule has 0 aliphatic rings.